The van der Waals surface area contributed by atoms with Gasteiger partial charge in [0.15, 0.2) is 0 Å². The molecule has 2 aromatic heterocycles. The first kappa shape index (κ1) is 13.4. The minimum absolute atomic E-state index is 0.328. The van der Waals surface area contributed by atoms with Crippen molar-refractivity contribution in [1.82, 2.24) is 9.55 Å². The van der Waals surface area contributed by atoms with Crippen molar-refractivity contribution in [2.45, 2.75) is 25.5 Å². The summed E-state index contributed by atoms with van der Waals surface area (Å²) in [5, 5.41) is 20.1. The maximum atomic E-state index is 10.1. The zero-order valence-electron chi connectivity index (χ0n) is 10.5. The highest BCUT2D eigenvalue weighted by atomic mass is 35.5. The summed E-state index contributed by atoms with van der Waals surface area (Å²) in [6.07, 6.45) is 2.39. The highest BCUT2D eigenvalue weighted by Crippen LogP contribution is 2.42. The van der Waals surface area contributed by atoms with Crippen LogP contribution in [0.3, 0.4) is 0 Å². The molecule has 0 saturated heterocycles. The molecule has 20 heavy (non-hydrogen) atoms. The van der Waals surface area contributed by atoms with Crippen molar-refractivity contribution in [1.29, 1.82) is 5.26 Å². The quantitative estimate of drug-likeness (QED) is 0.819. The Hall–Kier alpha value is -1.54. The van der Waals surface area contributed by atoms with Crippen LogP contribution < -0.4 is 0 Å². The predicted octanol–water partition coefficient (Wildman–Crippen LogP) is 3.56. The molecule has 2 aromatic rings. The summed E-state index contributed by atoms with van der Waals surface area (Å²) < 4.78 is 1.89. The molecule has 3 heterocycles. The van der Waals surface area contributed by atoms with Gasteiger partial charge in [0.25, 0.3) is 0 Å². The molecule has 1 aliphatic heterocycles. The summed E-state index contributed by atoms with van der Waals surface area (Å²) in [7, 11) is 0. The summed E-state index contributed by atoms with van der Waals surface area (Å²) >= 11 is 12.5. The van der Waals surface area contributed by atoms with E-state index in [4.69, 9.17) is 23.2 Å². The maximum Gasteiger partial charge on any atom is 0.138 e. The van der Waals surface area contributed by atoms with E-state index in [1.165, 1.54) is 0 Å². The Morgan fingerprint density at radius 2 is 2.25 bits per heavy atom. The van der Waals surface area contributed by atoms with E-state index < -0.39 is 6.10 Å². The minimum atomic E-state index is -0.667. The van der Waals surface area contributed by atoms with Crippen molar-refractivity contribution < 1.29 is 5.11 Å². The third kappa shape index (κ3) is 1.90. The van der Waals surface area contributed by atoms with Gasteiger partial charge in [0.05, 0.1) is 28.1 Å². The summed E-state index contributed by atoms with van der Waals surface area (Å²) in [5.74, 6) is 0. The molecule has 0 bridgehead atoms. The minimum Gasteiger partial charge on any atom is -0.387 e. The smallest absolute Gasteiger partial charge is 0.138 e. The van der Waals surface area contributed by atoms with E-state index >= 15 is 0 Å². The van der Waals surface area contributed by atoms with Gasteiger partial charge in [-0.25, -0.2) is 4.98 Å². The molecule has 4 nitrogen and oxygen atoms in total. The van der Waals surface area contributed by atoms with Crippen molar-refractivity contribution in [3.63, 3.8) is 0 Å². The van der Waals surface area contributed by atoms with Crippen molar-refractivity contribution in [3.05, 3.63) is 39.8 Å². The monoisotopic (exact) mass is 307 g/mol. The van der Waals surface area contributed by atoms with E-state index in [9.17, 15) is 10.4 Å². The van der Waals surface area contributed by atoms with E-state index in [-0.39, 0.29) is 0 Å². The molecular weight excluding hydrogens is 297 g/mol. The van der Waals surface area contributed by atoms with Gasteiger partial charge in [-0.3, -0.25) is 0 Å². The molecule has 6 heteroatoms. The molecule has 0 aromatic carbocycles. The third-order valence-electron chi connectivity index (χ3n) is 3.55. The lowest BCUT2D eigenvalue weighted by atomic mass is 10.0. The van der Waals surface area contributed by atoms with E-state index in [0.29, 0.717) is 45.7 Å². The highest BCUT2D eigenvalue weighted by molar-refractivity contribution is 6.36. The summed E-state index contributed by atoms with van der Waals surface area (Å²) in [6, 6.07) is 5.67. The Morgan fingerprint density at radius 3 is 2.95 bits per heavy atom. The number of hydrogen-bond donors (Lipinski definition) is 1. The maximum absolute atomic E-state index is 10.1. The fourth-order valence-corrected chi connectivity index (χ4v) is 3.25. The number of nitrogens with zero attached hydrogens (tertiary/aromatic N) is 3. The lowest BCUT2D eigenvalue weighted by molar-refractivity contribution is 0.139. The van der Waals surface area contributed by atoms with Crippen LogP contribution in [0, 0.1) is 11.3 Å². The molecule has 1 aliphatic rings. The first-order chi connectivity index (χ1) is 9.65. The molecule has 3 rings (SSSR count). The Morgan fingerprint density at radius 1 is 1.45 bits per heavy atom. The SMILES string of the molecule is N#Cc1c(Cl)c(-c2cccnc2Cl)n2c1C(O)CCC2. The second-order valence-corrected chi connectivity index (χ2v) is 5.42. The summed E-state index contributed by atoms with van der Waals surface area (Å²) in [4.78, 5) is 4.05. The molecule has 0 spiro atoms. The van der Waals surface area contributed by atoms with Crippen LogP contribution in [-0.4, -0.2) is 14.7 Å². The van der Waals surface area contributed by atoms with Crippen LogP contribution in [0.25, 0.3) is 11.3 Å². The first-order valence-electron chi connectivity index (χ1n) is 6.26. The van der Waals surface area contributed by atoms with Crippen molar-refractivity contribution in [2.75, 3.05) is 0 Å². The number of nitriles is 1. The molecule has 0 aliphatic carbocycles. The lowest BCUT2D eigenvalue weighted by Gasteiger charge is -2.22. The van der Waals surface area contributed by atoms with Gasteiger partial charge >= 0.3 is 0 Å². The highest BCUT2D eigenvalue weighted by Gasteiger charge is 2.30. The van der Waals surface area contributed by atoms with Gasteiger partial charge in [0.1, 0.15) is 11.2 Å². The second kappa shape index (κ2) is 5.10. The number of fused-ring (bicyclic) bond motifs is 1. The largest absolute Gasteiger partial charge is 0.387 e. The zero-order valence-corrected chi connectivity index (χ0v) is 12.0. The molecule has 0 amide bonds. The molecule has 1 N–H and O–H groups in total. The zero-order chi connectivity index (χ0) is 14.3. The van der Waals surface area contributed by atoms with Crippen molar-refractivity contribution in [2.24, 2.45) is 0 Å². The van der Waals surface area contributed by atoms with Gasteiger partial charge in [0.2, 0.25) is 0 Å². The standard InChI is InChI=1S/C14H11Cl2N3O/c15-11-9(7-17)12-10(20)4-2-6-19(12)13(11)8-3-1-5-18-14(8)16/h1,3,5,10,20H,2,4,6H2. The number of hydrogen-bond acceptors (Lipinski definition) is 3. The lowest BCUT2D eigenvalue weighted by Crippen LogP contribution is -2.16. The number of halogens is 2. The summed E-state index contributed by atoms with van der Waals surface area (Å²) in [5.41, 5.74) is 2.25. The number of rotatable bonds is 1. The topological polar surface area (TPSA) is 61.8 Å². The van der Waals surface area contributed by atoms with E-state index in [1.807, 2.05) is 10.6 Å². The molecule has 0 radical (unpaired) electrons. The van der Waals surface area contributed by atoms with Gasteiger partial charge < -0.3 is 9.67 Å². The second-order valence-electron chi connectivity index (χ2n) is 4.69. The fraction of sp³-hybridized carbons (Fsp3) is 0.286. The molecular formula is C14H11Cl2N3O. The number of aliphatic hydroxyl groups is 1. The first-order valence-corrected chi connectivity index (χ1v) is 7.01. The normalized spacial score (nSPS) is 17.6. The van der Waals surface area contributed by atoms with Crippen LogP contribution in [0.5, 0.6) is 0 Å². The summed E-state index contributed by atoms with van der Waals surface area (Å²) in [6.45, 7) is 0.703. The van der Waals surface area contributed by atoms with Crippen molar-refractivity contribution >= 4 is 23.2 Å². The number of aliphatic hydroxyl groups excluding tert-OH is 1. The van der Waals surface area contributed by atoms with E-state index in [0.717, 1.165) is 6.42 Å². The van der Waals surface area contributed by atoms with Gasteiger partial charge in [-0.1, -0.05) is 23.2 Å². The molecule has 0 saturated carbocycles. The average Bonchev–Trinajstić information content (AvgIpc) is 2.73. The van der Waals surface area contributed by atoms with E-state index in [2.05, 4.69) is 11.1 Å². The Bertz CT molecular complexity index is 718. The van der Waals surface area contributed by atoms with Gasteiger partial charge in [-0.15, -0.1) is 0 Å². The van der Waals surface area contributed by atoms with E-state index in [1.54, 1.807) is 12.3 Å². The van der Waals surface area contributed by atoms with Crippen LogP contribution in [0.2, 0.25) is 10.2 Å². The number of pyridine rings is 1. The van der Waals surface area contributed by atoms with Crippen LogP contribution >= 0.6 is 23.2 Å². The van der Waals surface area contributed by atoms with Gasteiger partial charge in [-0.2, -0.15) is 5.26 Å². The molecule has 1 atom stereocenters. The Labute approximate surface area is 126 Å². The fourth-order valence-electron chi connectivity index (χ4n) is 2.70. The van der Waals surface area contributed by atoms with Gasteiger partial charge in [-0.05, 0) is 25.0 Å². The van der Waals surface area contributed by atoms with Crippen LogP contribution in [0.4, 0.5) is 0 Å². The molecule has 102 valence electrons. The molecule has 0 fully saturated rings. The van der Waals surface area contributed by atoms with Crippen LogP contribution in [0.1, 0.15) is 30.2 Å². The Kier molecular flexibility index (Phi) is 3.43. The van der Waals surface area contributed by atoms with Crippen LogP contribution in [0.15, 0.2) is 18.3 Å². The Balaban J connectivity index is 2.33. The number of aromatic nitrogens is 2. The van der Waals surface area contributed by atoms with Crippen LogP contribution in [-0.2, 0) is 6.54 Å². The third-order valence-corrected chi connectivity index (χ3v) is 4.21. The average molecular weight is 308 g/mol. The molecule has 1 unspecified atom stereocenters. The predicted molar refractivity (Wildman–Crippen MR) is 76.6 cm³/mol. The van der Waals surface area contributed by atoms with Crippen molar-refractivity contribution in [3.8, 4) is 17.3 Å². The van der Waals surface area contributed by atoms with Gasteiger partial charge in [0, 0.05) is 18.3 Å².